The summed E-state index contributed by atoms with van der Waals surface area (Å²) in [6.07, 6.45) is 4.51. The van der Waals surface area contributed by atoms with Gasteiger partial charge in [0.1, 0.15) is 24.1 Å². The Hall–Kier alpha value is -2.99. The first kappa shape index (κ1) is 26.6. The maximum atomic E-state index is 15.4. The van der Waals surface area contributed by atoms with Gasteiger partial charge in [-0.2, -0.15) is 14.4 Å². The van der Waals surface area contributed by atoms with E-state index in [1.54, 1.807) is 17.3 Å². The molecule has 1 amide bonds. The quantitative estimate of drug-likeness (QED) is 0.549. The van der Waals surface area contributed by atoms with Crippen LogP contribution in [0.3, 0.4) is 0 Å². The highest BCUT2D eigenvalue weighted by Crippen LogP contribution is 2.34. The van der Waals surface area contributed by atoms with E-state index in [-0.39, 0.29) is 41.9 Å². The predicted molar refractivity (Wildman–Crippen MR) is 135 cm³/mol. The van der Waals surface area contributed by atoms with Crippen molar-refractivity contribution >= 4 is 23.6 Å². The van der Waals surface area contributed by atoms with Crippen LogP contribution < -0.4 is 14.4 Å². The van der Waals surface area contributed by atoms with Crippen molar-refractivity contribution < 1.29 is 28.1 Å². The molecule has 0 saturated carbocycles. The lowest BCUT2D eigenvalue weighted by molar-refractivity contribution is -0.0783. The average Bonchev–Trinajstić information content (AvgIpc) is 2.86. The van der Waals surface area contributed by atoms with E-state index in [4.69, 9.17) is 30.5 Å². The normalized spacial score (nSPS) is 24.2. The highest BCUT2D eigenvalue weighted by atomic mass is 35.5. The number of aromatic nitrogens is 4. The summed E-state index contributed by atoms with van der Waals surface area (Å²) in [4.78, 5) is 32.7. The molecule has 0 spiro atoms. The molecular weight excluding hydrogens is 519 g/mol. The van der Waals surface area contributed by atoms with Crippen LogP contribution in [-0.4, -0.2) is 88.1 Å². The van der Waals surface area contributed by atoms with Gasteiger partial charge >= 0.3 is 6.09 Å². The molecule has 5 heterocycles. The molecule has 0 radical (unpaired) electrons. The van der Waals surface area contributed by atoms with Crippen LogP contribution >= 0.6 is 11.6 Å². The number of piperidine rings is 2. The molecule has 13 heteroatoms. The number of ether oxygens (including phenoxy) is 4. The third-order valence-electron chi connectivity index (χ3n) is 6.74. The molecule has 11 nitrogen and oxygen atoms in total. The molecule has 2 bridgehead atoms. The summed E-state index contributed by atoms with van der Waals surface area (Å²) in [6, 6.07) is 0. The monoisotopic (exact) mass is 550 g/mol. The van der Waals surface area contributed by atoms with Crippen LogP contribution in [0.15, 0.2) is 18.7 Å². The molecule has 0 aliphatic carbocycles. The lowest BCUT2D eigenvalue weighted by atomic mass is 9.84. The van der Waals surface area contributed by atoms with Gasteiger partial charge < -0.3 is 28.7 Å². The molecule has 206 valence electrons. The van der Waals surface area contributed by atoms with Gasteiger partial charge in [0.25, 0.3) is 11.8 Å². The van der Waals surface area contributed by atoms with Gasteiger partial charge in [-0.1, -0.05) is 11.6 Å². The molecule has 0 N–H and O–H groups in total. The van der Waals surface area contributed by atoms with Gasteiger partial charge in [0, 0.05) is 50.9 Å². The summed E-state index contributed by atoms with van der Waals surface area (Å²) in [5.74, 6) is -0.496. The fourth-order valence-electron chi connectivity index (χ4n) is 5.00. The number of anilines is 1. The zero-order valence-electron chi connectivity index (χ0n) is 21.7. The third-order valence-corrected chi connectivity index (χ3v) is 6.93. The summed E-state index contributed by atoms with van der Waals surface area (Å²) < 4.78 is 38.6. The molecule has 3 saturated heterocycles. The van der Waals surface area contributed by atoms with E-state index in [9.17, 15) is 4.79 Å². The second-order valence-electron chi connectivity index (χ2n) is 10.8. The molecular formula is C25H32ClFN6O5. The lowest BCUT2D eigenvalue weighted by Gasteiger charge is -2.46. The lowest BCUT2D eigenvalue weighted by Crippen LogP contribution is -2.58. The summed E-state index contributed by atoms with van der Waals surface area (Å²) >= 11 is 5.93. The van der Waals surface area contributed by atoms with Crippen LogP contribution in [0.2, 0.25) is 5.02 Å². The van der Waals surface area contributed by atoms with Crippen molar-refractivity contribution in [1.82, 2.24) is 24.8 Å². The number of carbonyl (C=O) groups excluding carboxylic acids is 1. The van der Waals surface area contributed by atoms with Crippen LogP contribution in [0.4, 0.5) is 15.1 Å². The van der Waals surface area contributed by atoms with Crippen molar-refractivity contribution in [2.45, 2.75) is 51.4 Å². The summed E-state index contributed by atoms with van der Waals surface area (Å²) in [5.41, 5.74) is -0.560. The SMILES string of the molecule is CC(C)(C)OC(=O)N1CCC(Oc2ncnc(OC3C4COCC3CN(c3ncc(Cl)cn3)C4)c2F)CC1. The topological polar surface area (TPSA) is 112 Å². The Morgan fingerprint density at radius 3 is 2.24 bits per heavy atom. The number of likely N-dealkylation sites (tertiary alicyclic amines) is 1. The Morgan fingerprint density at radius 1 is 1.03 bits per heavy atom. The van der Waals surface area contributed by atoms with E-state index in [2.05, 4.69) is 24.8 Å². The predicted octanol–water partition coefficient (Wildman–Crippen LogP) is 3.37. The van der Waals surface area contributed by atoms with Gasteiger partial charge in [-0.3, -0.25) is 0 Å². The highest BCUT2D eigenvalue weighted by molar-refractivity contribution is 6.30. The molecule has 2 atom stereocenters. The second kappa shape index (κ2) is 11.0. The van der Waals surface area contributed by atoms with Crippen LogP contribution in [0.25, 0.3) is 0 Å². The van der Waals surface area contributed by atoms with Gasteiger partial charge in [0.15, 0.2) is 0 Å². The van der Waals surface area contributed by atoms with Gasteiger partial charge in [0.2, 0.25) is 11.8 Å². The number of halogens is 2. The number of hydrogen-bond acceptors (Lipinski definition) is 10. The summed E-state index contributed by atoms with van der Waals surface area (Å²) in [7, 11) is 0. The van der Waals surface area contributed by atoms with Crippen LogP contribution in [0.5, 0.6) is 11.8 Å². The first-order chi connectivity index (χ1) is 18.2. The maximum absolute atomic E-state index is 15.4. The van der Waals surface area contributed by atoms with Crippen molar-refractivity contribution in [3.05, 3.63) is 29.6 Å². The summed E-state index contributed by atoms with van der Waals surface area (Å²) in [6.45, 7) is 8.52. The van der Waals surface area contributed by atoms with E-state index in [0.717, 1.165) is 0 Å². The molecule has 3 fully saturated rings. The van der Waals surface area contributed by atoms with Crippen LogP contribution in [-0.2, 0) is 9.47 Å². The Labute approximate surface area is 225 Å². The fraction of sp³-hybridized carbons (Fsp3) is 0.640. The van der Waals surface area contributed by atoms with E-state index >= 15 is 4.39 Å². The number of rotatable bonds is 5. The van der Waals surface area contributed by atoms with E-state index in [1.807, 2.05) is 20.8 Å². The number of carbonyl (C=O) groups is 1. The van der Waals surface area contributed by atoms with Gasteiger partial charge in [-0.15, -0.1) is 0 Å². The standard InChI is InChI=1S/C25H32ClFN6O5/c1-25(2,3)38-24(34)32-6-4-18(5-7-32)36-21-19(27)22(31-14-30-21)37-20-15-10-33(11-16(20)13-35-12-15)23-28-8-17(26)9-29-23/h8-9,14-16,18,20H,4-7,10-13H2,1-3H3. The first-order valence-corrected chi connectivity index (χ1v) is 13.2. The minimum absolute atomic E-state index is 0.0299. The van der Waals surface area contributed by atoms with Crippen LogP contribution in [0.1, 0.15) is 33.6 Å². The van der Waals surface area contributed by atoms with Gasteiger partial charge in [0.05, 0.1) is 30.6 Å². The molecule has 38 heavy (non-hydrogen) atoms. The van der Waals surface area contributed by atoms with E-state index in [0.29, 0.717) is 63.2 Å². The van der Waals surface area contributed by atoms with Gasteiger partial charge in [-0.05, 0) is 20.8 Å². The molecule has 5 rings (SSSR count). The second-order valence-corrected chi connectivity index (χ2v) is 11.3. The van der Waals surface area contributed by atoms with E-state index in [1.165, 1.54) is 6.33 Å². The Bertz CT molecular complexity index is 1110. The van der Waals surface area contributed by atoms with Gasteiger partial charge in [-0.25, -0.2) is 14.8 Å². The van der Waals surface area contributed by atoms with Crippen molar-refractivity contribution in [2.75, 3.05) is 44.3 Å². The number of amides is 1. The zero-order valence-corrected chi connectivity index (χ0v) is 22.4. The Balaban J connectivity index is 1.20. The molecule has 0 aromatic carbocycles. The first-order valence-electron chi connectivity index (χ1n) is 12.8. The average molecular weight is 551 g/mol. The molecule has 3 aliphatic rings. The minimum atomic E-state index is -0.732. The van der Waals surface area contributed by atoms with Crippen molar-refractivity contribution in [3.8, 4) is 11.8 Å². The number of fused-ring (bicyclic) bond motifs is 2. The maximum Gasteiger partial charge on any atom is 0.410 e. The summed E-state index contributed by atoms with van der Waals surface area (Å²) in [5, 5.41) is 0.473. The highest BCUT2D eigenvalue weighted by Gasteiger charge is 2.43. The Kier molecular flexibility index (Phi) is 7.71. The molecule has 2 unspecified atom stereocenters. The smallest absolute Gasteiger partial charge is 0.410 e. The number of nitrogens with zero attached hydrogens (tertiary/aromatic N) is 6. The minimum Gasteiger partial charge on any atom is -0.472 e. The van der Waals surface area contributed by atoms with Crippen molar-refractivity contribution in [2.24, 2.45) is 11.8 Å². The fourth-order valence-corrected chi connectivity index (χ4v) is 5.09. The zero-order chi connectivity index (χ0) is 26.9. The Morgan fingerprint density at radius 2 is 1.63 bits per heavy atom. The molecule has 3 aliphatic heterocycles. The largest absolute Gasteiger partial charge is 0.472 e. The molecule has 2 aromatic heterocycles. The van der Waals surface area contributed by atoms with Crippen molar-refractivity contribution in [3.63, 3.8) is 0 Å². The van der Waals surface area contributed by atoms with Crippen LogP contribution in [0, 0.1) is 17.7 Å². The van der Waals surface area contributed by atoms with E-state index < -0.39 is 11.4 Å². The molecule has 2 aromatic rings. The third kappa shape index (κ3) is 6.17. The van der Waals surface area contributed by atoms with Crippen molar-refractivity contribution in [1.29, 1.82) is 0 Å². The number of hydrogen-bond donors (Lipinski definition) is 0.